The lowest BCUT2D eigenvalue weighted by Gasteiger charge is -2.25. The summed E-state index contributed by atoms with van der Waals surface area (Å²) in [6.45, 7) is 37.6. The predicted octanol–water partition coefficient (Wildman–Crippen LogP) is 25.7. The molecule has 123 heavy (non-hydrogen) atoms. The van der Waals surface area contributed by atoms with Crippen molar-refractivity contribution in [2.45, 2.75) is 244 Å². The van der Waals surface area contributed by atoms with E-state index in [1.54, 1.807) is 0 Å². The molecular formula is C113H133N10+5. The van der Waals surface area contributed by atoms with Gasteiger partial charge in [0.15, 0.2) is 27.6 Å². The van der Waals surface area contributed by atoms with E-state index < -0.39 is 0 Å². The van der Waals surface area contributed by atoms with Gasteiger partial charge in [-0.3, -0.25) is 0 Å². The Morgan fingerprint density at radius 3 is 0.935 bits per heavy atom. The first-order valence-electron chi connectivity index (χ1n) is 45.9. The molecule has 15 aromatic rings. The summed E-state index contributed by atoms with van der Waals surface area (Å²) in [6, 6.07) is 56.9. The molecule has 630 valence electrons. The number of hydrogen-bond acceptors (Lipinski definition) is 5. The maximum Gasteiger partial charge on any atom is 0.287 e. The lowest BCUT2D eigenvalue weighted by molar-refractivity contribution is -0.662. The van der Waals surface area contributed by atoms with Crippen LogP contribution in [0.25, 0.3) is 111 Å². The summed E-state index contributed by atoms with van der Waals surface area (Å²) in [6.07, 6.45) is 31.0. The molecular weight excluding hydrogens is 1500 g/mol. The summed E-state index contributed by atoms with van der Waals surface area (Å²) < 4.78 is 10.9. The third-order valence-corrected chi connectivity index (χ3v) is 28.1. The largest absolute Gasteiger partial charge is 0.287 e. The van der Waals surface area contributed by atoms with Crippen LogP contribution in [0.15, 0.2) is 183 Å². The van der Waals surface area contributed by atoms with Gasteiger partial charge in [0.1, 0.15) is 28.5 Å². The Morgan fingerprint density at radius 2 is 0.577 bits per heavy atom. The number of fused-ring (bicyclic) bond motifs is 5. The summed E-state index contributed by atoms with van der Waals surface area (Å²) in [7, 11) is 10.5. The van der Waals surface area contributed by atoms with Gasteiger partial charge in [0.25, 0.3) is 31.6 Å². The van der Waals surface area contributed by atoms with Crippen LogP contribution in [0.1, 0.15) is 245 Å². The molecule has 19 rings (SSSR count). The maximum atomic E-state index is 4.85. The van der Waals surface area contributed by atoms with Crippen LogP contribution in [-0.2, 0) is 41.7 Å². The Balaban J connectivity index is 0.000000119. The fraction of sp³-hybridized carbons (Fsp3) is 0.381. The van der Waals surface area contributed by atoms with Crippen molar-refractivity contribution in [3.05, 3.63) is 295 Å². The van der Waals surface area contributed by atoms with Gasteiger partial charge in [-0.1, -0.05) is 159 Å². The van der Waals surface area contributed by atoms with E-state index in [1.165, 1.54) is 302 Å². The van der Waals surface area contributed by atoms with Crippen LogP contribution in [0.4, 0.5) is 0 Å². The quantitative estimate of drug-likeness (QED) is 0.121. The molecule has 0 saturated heterocycles. The highest BCUT2D eigenvalue weighted by Crippen LogP contribution is 2.45. The average Bonchev–Trinajstić information content (AvgIpc) is 1.66. The Labute approximate surface area is 733 Å². The van der Waals surface area contributed by atoms with Gasteiger partial charge in [0.05, 0.1) is 62.2 Å². The fourth-order valence-electron chi connectivity index (χ4n) is 20.7. The van der Waals surface area contributed by atoms with Crippen molar-refractivity contribution < 1.29 is 22.8 Å². The molecule has 5 heterocycles. The minimum absolute atomic E-state index is 0.652. The van der Waals surface area contributed by atoms with Gasteiger partial charge in [0.2, 0.25) is 0 Å². The first-order chi connectivity index (χ1) is 59.1. The number of rotatable bonds is 11. The van der Waals surface area contributed by atoms with Crippen LogP contribution >= 0.6 is 0 Å². The third-order valence-electron chi connectivity index (χ3n) is 28.1. The highest BCUT2D eigenvalue weighted by molar-refractivity contribution is 5.97. The second kappa shape index (κ2) is 37.1. The molecule has 5 aromatic heterocycles. The zero-order valence-corrected chi connectivity index (χ0v) is 78.0. The molecule has 10 aromatic carbocycles. The van der Waals surface area contributed by atoms with E-state index >= 15 is 0 Å². The van der Waals surface area contributed by atoms with Crippen molar-refractivity contribution in [1.82, 2.24) is 24.9 Å². The van der Waals surface area contributed by atoms with Crippen LogP contribution in [-0.4, -0.2) is 24.9 Å². The third kappa shape index (κ3) is 18.3. The predicted molar refractivity (Wildman–Crippen MR) is 512 cm³/mol. The molecule has 4 saturated carbocycles. The SMILES string of the molecule is Cc1cc(C)c(C)c(-c2c3cc(C4CCCC4)ccc3nc[n+]2C)c1.Cc1cc(C)c(C)c(-c2c3cc(CC(C)C)ccc3nc[n+]2C)c1.Cc1cc(C)c(C)c(-c2c3ccc(C4CCCC4)cc3nc[n+]2C)c1.Cc1cc(C)c(C)c(-c2c3cccc(C4CCC4)c3nc[n+]2C)c1.Cc1cc(C)c(C)c(-c2c3cccc(C4CCCC4)c3nc[n+]2C)c1. The molecule has 10 heteroatoms. The van der Waals surface area contributed by atoms with Gasteiger partial charge in [-0.2, -0.15) is 0 Å². The van der Waals surface area contributed by atoms with Crippen LogP contribution in [0.3, 0.4) is 0 Å². The molecule has 10 nitrogen and oxygen atoms in total. The summed E-state index contributed by atoms with van der Waals surface area (Å²) in [5, 5.41) is 6.33. The molecule has 0 aliphatic heterocycles. The van der Waals surface area contributed by atoms with Crippen LogP contribution in [0.2, 0.25) is 0 Å². The zero-order chi connectivity index (χ0) is 86.9. The van der Waals surface area contributed by atoms with E-state index in [2.05, 4.69) is 337 Å². The standard InChI is InChI=1S/3C23H27N2.C22H25N2.C22H27N2/c1-15-12-16(2)17(3)21(13-15)23-20-11-7-10-19(18-8-5-6-9-18)22(20)24-14-25(23)4;1-15-11-16(2)17(3)20(12-15)23-21-13-19(18-7-5-6-8-18)9-10-22(21)24-14-25(23)4;1-15-11-16(2)17(3)21(12-15)23-20-10-9-19(18-7-5-6-8-18)13-22(20)24-14-25(23)4;1-14-11-15(2)16(3)20(12-14)22-19-10-6-9-18(17-7-5-8-17)21(19)23-13-24(22)4;1-14(2)9-18-7-8-21-20(12-18)22(24(6)13-23-21)19-11-15(3)10-16(4)17(19)5/h7,10-14,18H,5-6,8-9H2,1-4H3;2*9-14,18H,5-8H2,1-4H3;6,9-13,17H,5,7-8H2,1-4H3;7-8,10-14H,9H2,1-6H3/q5*+1. The Kier molecular flexibility index (Phi) is 26.2. The molecule has 0 atom stereocenters. The van der Waals surface area contributed by atoms with E-state index in [0.717, 1.165) is 34.8 Å². The van der Waals surface area contributed by atoms with Crippen LogP contribution in [0.5, 0.6) is 0 Å². The molecule has 4 aliphatic rings. The Morgan fingerprint density at radius 1 is 0.276 bits per heavy atom. The molecule has 0 unspecified atom stereocenters. The van der Waals surface area contributed by atoms with Crippen LogP contribution < -0.4 is 22.8 Å². The highest BCUT2D eigenvalue weighted by atomic mass is 15.0. The molecule has 4 fully saturated rings. The normalized spacial score (nSPS) is 14.4. The minimum Gasteiger partial charge on any atom is -0.232 e. The smallest absolute Gasteiger partial charge is 0.232 e. The number of aryl methyl sites for hydroxylation is 15. The van der Waals surface area contributed by atoms with Gasteiger partial charge < -0.3 is 0 Å². The molecule has 0 amide bonds. The second-order valence-electron chi connectivity index (χ2n) is 37.9. The van der Waals surface area contributed by atoms with Crippen molar-refractivity contribution in [2.75, 3.05) is 0 Å². The summed E-state index contributed by atoms with van der Waals surface area (Å²) in [4.78, 5) is 23.7. The number of nitrogens with zero attached hydrogens (tertiary/aromatic N) is 10. The van der Waals surface area contributed by atoms with E-state index in [9.17, 15) is 0 Å². The van der Waals surface area contributed by atoms with E-state index in [1.807, 2.05) is 31.6 Å². The van der Waals surface area contributed by atoms with Crippen molar-refractivity contribution in [2.24, 2.45) is 41.2 Å². The number of hydrogen-bond donors (Lipinski definition) is 0. The number of para-hydroxylation sites is 2. The van der Waals surface area contributed by atoms with Gasteiger partial charge in [0, 0.05) is 38.9 Å². The van der Waals surface area contributed by atoms with E-state index in [0.29, 0.717) is 17.8 Å². The topological polar surface area (TPSA) is 83.8 Å². The Bertz CT molecular complexity index is 6450. The highest BCUT2D eigenvalue weighted by Gasteiger charge is 2.31. The average molecular weight is 1630 g/mol. The molecule has 0 spiro atoms. The summed E-state index contributed by atoms with van der Waals surface area (Å²) in [5.41, 5.74) is 46.0. The summed E-state index contributed by atoms with van der Waals surface area (Å²) in [5.74, 6) is 3.48. The monoisotopic (exact) mass is 1630 g/mol. The lowest BCUT2D eigenvalue weighted by Crippen LogP contribution is -2.32. The van der Waals surface area contributed by atoms with Crippen molar-refractivity contribution >= 4 is 54.5 Å². The number of benzene rings is 10. The molecule has 0 bridgehead atoms. The van der Waals surface area contributed by atoms with E-state index in [-0.39, 0.29) is 0 Å². The fourth-order valence-corrected chi connectivity index (χ4v) is 20.7. The van der Waals surface area contributed by atoms with E-state index in [4.69, 9.17) is 15.0 Å². The summed E-state index contributed by atoms with van der Waals surface area (Å²) >= 11 is 0. The minimum atomic E-state index is 0.652. The first-order valence-corrected chi connectivity index (χ1v) is 45.9. The van der Waals surface area contributed by atoms with Crippen molar-refractivity contribution in [3.63, 3.8) is 0 Å². The maximum absolute atomic E-state index is 4.85. The first kappa shape index (κ1) is 86.8. The van der Waals surface area contributed by atoms with Gasteiger partial charge in [-0.15, -0.1) is 0 Å². The van der Waals surface area contributed by atoms with Gasteiger partial charge in [-0.25, -0.2) is 22.8 Å². The van der Waals surface area contributed by atoms with Gasteiger partial charge >= 0.3 is 0 Å². The van der Waals surface area contributed by atoms with Crippen molar-refractivity contribution in [1.29, 1.82) is 0 Å². The van der Waals surface area contributed by atoms with Crippen LogP contribution in [0, 0.1) is 110 Å². The second-order valence-corrected chi connectivity index (χ2v) is 37.9. The Hall–Kier alpha value is -11.1. The zero-order valence-electron chi connectivity index (χ0n) is 78.0. The number of aromatic nitrogens is 10. The van der Waals surface area contributed by atoms with Crippen molar-refractivity contribution in [3.8, 4) is 56.3 Å². The molecule has 0 N–H and O–H groups in total. The molecule has 4 aliphatic carbocycles. The molecule has 0 radical (unpaired) electrons. The lowest BCUT2D eigenvalue weighted by atomic mass is 9.79. The van der Waals surface area contributed by atoms with Gasteiger partial charge in [-0.05, 0) is 367 Å².